The van der Waals surface area contributed by atoms with Crippen molar-refractivity contribution in [1.29, 1.82) is 0 Å². The molecule has 7 rings (SSSR count). The summed E-state index contributed by atoms with van der Waals surface area (Å²) >= 11 is 0. The number of aryl methyl sites for hydroxylation is 1. The fraction of sp³-hybridized carbons (Fsp3) is 0.200. The number of halogens is 1. The SMILES string of the molecule is CNC(=O)c1c(-c2ccc(C)cc2)oc2cc(N(C)S(C)(=O)=O)c(-c3ccc4c(n3)-c3cc5c(F)cccc5n3C(COC)O4)cc12. The Morgan fingerprint density at radius 1 is 1.09 bits per heavy atom. The number of rotatable bonds is 7. The molecule has 3 aromatic heterocycles. The lowest BCUT2D eigenvalue weighted by Gasteiger charge is -2.29. The number of hydrogen-bond donors (Lipinski definition) is 1. The molecule has 1 aliphatic rings. The minimum absolute atomic E-state index is 0.209. The van der Waals surface area contributed by atoms with Gasteiger partial charge in [0.05, 0.1) is 34.4 Å². The summed E-state index contributed by atoms with van der Waals surface area (Å²) in [5, 5.41) is 3.59. The van der Waals surface area contributed by atoms with E-state index in [1.807, 2.05) is 35.8 Å². The molecule has 10 nitrogen and oxygen atoms in total. The van der Waals surface area contributed by atoms with Crippen LogP contribution < -0.4 is 14.4 Å². The molecule has 1 N–H and O–H groups in total. The third-order valence-corrected chi connectivity index (χ3v) is 9.67. The van der Waals surface area contributed by atoms with E-state index in [0.717, 1.165) is 16.1 Å². The summed E-state index contributed by atoms with van der Waals surface area (Å²) in [5.74, 6) is 0.0671. The van der Waals surface area contributed by atoms with Crippen molar-refractivity contribution in [3.8, 4) is 39.7 Å². The minimum atomic E-state index is -3.74. The molecule has 0 fully saturated rings. The zero-order chi connectivity index (χ0) is 33.2. The van der Waals surface area contributed by atoms with E-state index in [-0.39, 0.29) is 18.3 Å². The molecule has 1 amide bonds. The summed E-state index contributed by atoms with van der Waals surface area (Å²) in [6.07, 6.45) is 0.535. The number of carbonyl (C=O) groups is 1. The van der Waals surface area contributed by atoms with Crippen LogP contribution in [0.3, 0.4) is 0 Å². The van der Waals surface area contributed by atoms with Crippen LogP contribution in [0.4, 0.5) is 10.1 Å². The summed E-state index contributed by atoms with van der Waals surface area (Å²) in [6.45, 7) is 2.17. The average molecular weight is 655 g/mol. The van der Waals surface area contributed by atoms with Crippen LogP contribution in [0.1, 0.15) is 22.1 Å². The van der Waals surface area contributed by atoms with Gasteiger partial charge in [-0.1, -0.05) is 35.9 Å². The Morgan fingerprint density at radius 2 is 1.85 bits per heavy atom. The Morgan fingerprint density at radius 3 is 2.55 bits per heavy atom. The van der Waals surface area contributed by atoms with Crippen LogP contribution in [-0.4, -0.2) is 57.9 Å². The topological polar surface area (TPSA) is 116 Å². The number of fused-ring (bicyclic) bond motifs is 6. The second kappa shape index (κ2) is 11.2. The van der Waals surface area contributed by atoms with Gasteiger partial charge in [-0.15, -0.1) is 0 Å². The lowest BCUT2D eigenvalue weighted by molar-refractivity contribution is 0.0356. The smallest absolute Gasteiger partial charge is 0.255 e. The largest absolute Gasteiger partial charge is 0.465 e. The highest BCUT2D eigenvalue weighted by Gasteiger charge is 2.31. The average Bonchev–Trinajstić information content (AvgIpc) is 3.63. The molecule has 240 valence electrons. The van der Waals surface area contributed by atoms with E-state index in [4.69, 9.17) is 18.9 Å². The molecule has 12 heteroatoms. The number of carbonyl (C=O) groups excluding carboxylic acids is 1. The maximum atomic E-state index is 15.0. The first-order valence-corrected chi connectivity index (χ1v) is 16.7. The van der Waals surface area contributed by atoms with Crippen molar-refractivity contribution in [2.24, 2.45) is 0 Å². The Hall–Kier alpha value is -5.20. The van der Waals surface area contributed by atoms with Crippen molar-refractivity contribution >= 4 is 43.5 Å². The molecule has 0 aliphatic carbocycles. The first-order valence-electron chi connectivity index (χ1n) is 14.8. The van der Waals surface area contributed by atoms with Gasteiger partial charge >= 0.3 is 0 Å². The van der Waals surface area contributed by atoms with E-state index < -0.39 is 16.3 Å². The number of aromatic nitrogens is 2. The number of amides is 1. The van der Waals surface area contributed by atoms with Crippen molar-refractivity contribution < 1.29 is 31.5 Å². The molecule has 1 atom stereocenters. The third kappa shape index (κ3) is 5.00. The van der Waals surface area contributed by atoms with Crippen LogP contribution in [0, 0.1) is 12.7 Å². The van der Waals surface area contributed by atoms with E-state index in [1.54, 1.807) is 49.6 Å². The Balaban J connectivity index is 1.49. The van der Waals surface area contributed by atoms with Gasteiger partial charge in [-0.3, -0.25) is 9.10 Å². The highest BCUT2D eigenvalue weighted by atomic mass is 32.2. The molecule has 1 aliphatic heterocycles. The number of ether oxygens (including phenoxy) is 2. The molecule has 0 saturated heterocycles. The van der Waals surface area contributed by atoms with E-state index in [9.17, 15) is 17.6 Å². The fourth-order valence-electron chi connectivity index (χ4n) is 6.07. The van der Waals surface area contributed by atoms with Gasteiger partial charge < -0.3 is 23.8 Å². The van der Waals surface area contributed by atoms with Crippen molar-refractivity contribution in [1.82, 2.24) is 14.9 Å². The second-order valence-electron chi connectivity index (χ2n) is 11.5. The summed E-state index contributed by atoms with van der Waals surface area (Å²) in [5.41, 5.74) is 5.18. The number of nitrogens with one attached hydrogen (secondary N) is 1. The van der Waals surface area contributed by atoms with Crippen LogP contribution >= 0.6 is 0 Å². The summed E-state index contributed by atoms with van der Waals surface area (Å²) in [4.78, 5) is 18.3. The normalized spacial score (nSPS) is 14.1. The van der Waals surface area contributed by atoms with Crippen molar-refractivity contribution in [3.05, 3.63) is 89.7 Å². The van der Waals surface area contributed by atoms with E-state index >= 15 is 0 Å². The van der Waals surface area contributed by atoms with Crippen molar-refractivity contribution in [2.45, 2.75) is 13.2 Å². The number of benzene rings is 3. The van der Waals surface area contributed by atoms with Crippen LogP contribution in [-0.2, 0) is 14.8 Å². The number of hydrogen-bond acceptors (Lipinski definition) is 7. The highest BCUT2D eigenvalue weighted by Crippen LogP contribution is 2.45. The van der Waals surface area contributed by atoms with Crippen LogP contribution in [0.5, 0.6) is 5.75 Å². The Bertz CT molecular complexity index is 2330. The summed E-state index contributed by atoms with van der Waals surface area (Å²) in [6, 6.07) is 21.0. The zero-order valence-electron chi connectivity index (χ0n) is 26.3. The number of pyridine rings is 1. The van der Waals surface area contributed by atoms with Gasteiger partial charge in [0, 0.05) is 49.2 Å². The van der Waals surface area contributed by atoms with Gasteiger partial charge in [-0.25, -0.2) is 17.8 Å². The quantitative estimate of drug-likeness (QED) is 0.208. The molecular formula is C35H31FN4O6S. The lowest BCUT2D eigenvalue weighted by atomic mass is 10.00. The predicted molar refractivity (Wildman–Crippen MR) is 179 cm³/mol. The zero-order valence-corrected chi connectivity index (χ0v) is 27.1. The number of methoxy groups -OCH3 is 1. The molecule has 0 saturated carbocycles. The highest BCUT2D eigenvalue weighted by molar-refractivity contribution is 7.92. The number of furan rings is 1. The molecule has 0 bridgehead atoms. The fourth-order valence-corrected chi connectivity index (χ4v) is 6.58. The standard InChI is InChI=1S/C35H31FN4O6S/c1-19-9-11-20(12-10-19)34-32(35(41)37-2)23-15-22(27(17-30(23)46-34)39(3)47(5,42)43)25-13-14-29-33(38-25)28-16-21-24(36)7-6-8-26(21)40(28)31(45-29)18-44-4/h6-17,31H,18H2,1-5H3,(H,37,41). The molecule has 3 aromatic carbocycles. The minimum Gasteiger partial charge on any atom is -0.465 e. The number of anilines is 1. The maximum absolute atomic E-state index is 15.0. The monoisotopic (exact) mass is 654 g/mol. The number of nitrogens with zero attached hydrogens (tertiary/aromatic N) is 3. The van der Waals surface area contributed by atoms with Crippen LogP contribution in [0.15, 0.2) is 77.2 Å². The predicted octanol–water partition coefficient (Wildman–Crippen LogP) is 6.52. The van der Waals surface area contributed by atoms with E-state index in [2.05, 4.69) is 5.32 Å². The third-order valence-electron chi connectivity index (χ3n) is 8.48. The molecular weight excluding hydrogens is 623 g/mol. The molecule has 6 aromatic rings. The summed E-state index contributed by atoms with van der Waals surface area (Å²) < 4.78 is 61.8. The first kappa shape index (κ1) is 30.5. The van der Waals surface area contributed by atoms with Crippen molar-refractivity contribution in [2.75, 3.05) is 38.4 Å². The van der Waals surface area contributed by atoms with Gasteiger partial charge in [0.1, 0.15) is 35.2 Å². The lowest BCUT2D eigenvalue weighted by Crippen LogP contribution is -2.26. The van der Waals surface area contributed by atoms with Gasteiger partial charge in [0.2, 0.25) is 10.0 Å². The second-order valence-corrected chi connectivity index (χ2v) is 13.5. The first-order chi connectivity index (χ1) is 22.5. The molecule has 4 heterocycles. The Kier molecular flexibility index (Phi) is 7.29. The van der Waals surface area contributed by atoms with Gasteiger partial charge in [-0.05, 0) is 43.3 Å². The van der Waals surface area contributed by atoms with E-state index in [0.29, 0.717) is 72.8 Å². The van der Waals surface area contributed by atoms with Gasteiger partial charge in [-0.2, -0.15) is 0 Å². The summed E-state index contributed by atoms with van der Waals surface area (Å²) in [7, 11) is 0.811. The molecule has 47 heavy (non-hydrogen) atoms. The Labute approximate surface area is 270 Å². The number of sulfonamides is 1. The van der Waals surface area contributed by atoms with E-state index in [1.165, 1.54) is 20.2 Å². The van der Waals surface area contributed by atoms with Gasteiger partial charge in [0.25, 0.3) is 5.91 Å². The molecule has 0 spiro atoms. The van der Waals surface area contributed by atoms with Crippen LogP contribution in [0.2, 0.25) is 0 Å². The van der Waals surface area contributed by atoms with Crippen molar-refractivity contribution in [3.63, 3.8) is 0 Å². The maximum Gasteiger partial charge on any atom is 0.255 e. The van der Waals surface area contributed by atoms with Gasteiger partial charge in [0.15, 0.2) is 6.23 Å². The molecule has 0 radical (unpaired) electrons. The van der Waals surface area contributed by atoms with Crippen LogP contribution in [0.25, 0.3) is 55.8 Å². The molecule has 1 unspecified atom stereocenters.